The number of aliphatic imine (C=N–C) groups is 1. The molecule has 3 aromatic rings. The zero-order valence-corrected chi connectivity index (χ0v) is 13.6. The van der Waals surface area contributed by atoms with E-state index in [1.165, 1.54) is 12.1 Å². The van der Waals surface area contributed by atoms with Crippen LogP contribution in [0.1, 0.15) is 22.6 Å². The highest BCUT2D eigenvalue weighted by Gasteiger charge is 2.30. The largest absolute Gasteiger partial charge is 0.232 e. The van der Waals surface area contributed by atoms with Crippen molar-refractivity contribution in [2.75, 3.05) is 0 Å². The first-order chi connectivity index (χ1) is 13.2. The maximum Gasteiger partial charge on any atom is 0.206 e. The molecule has 1 aliphatic carbocycles. The van der Waals surface area contributed by atoms with E-state index in [2.05, 4.69) is 15.0 Å². The Morgan fingerprint density at radius 2 is 1.41 bits per heavy atom. The Bertz CT molecular complexity index is 1250. The molecule has 1 heterocycles. The molecule has 7 heteroatoms. The summed E-state index contributed by atoms with van der Waals surface area (Å²) in [5.41, 5.74) is 3.67. The van der Waals surface area contributed by atoms with Crippen LogP contribution < -0.4 is 0 Å². The summed E-state index contributed by atoms with van der Waals surface area (Å²) in [7, 11) is 0. The normalized spacial score (nSPS) is 12.6. The Hall–Kier alpha value is -4.41. The Morgan fingerprint density at radius 1 is 0.778 bits per heavy atom. The minimum atomic E-state index is -0.331. The van der Waals surface area contributed by atoms with Gasteiger partial charge in [0.2, 0.25) is 6.19 Å². The summed E-state index contributed by atoms with van der Waals surface area (Å²) < 4.78 is 13.2. The van der Waals surface area contributed by atoms with Gasteiger partial charge in [-0.05, 0) is 29.3 Å². The summed E-state index contributed by atoms with van der Waals surface area (Å²) >= 11 is 0. The highest BCUT2D eigenvalue weighted by atomic mass is 19.1. The first-order valence-electron chi connectivity index (χ1n) is 7.76. The summed E-state index contributed by atoms with van der Waals surface area (Å²) in [4.78, 5) is 12.3. The summed E-state index contributed by atoms with van der Waals surface area (Å²) in [5.74, 6) is -0.331. The molecule has 0 fully saturated rings. The minimum Gasteiger partial charge on any atom is -0.232 e. The Labute approximate surface area is 153 Å². The molecule has 6 nitrogen and oxygen atoms in total. The van der Waals surface area contributed by atoms with E-state index in [9.17, 15) is 14.9 Å². The highest BCUT2D eigenvalue weighted by Crippen LogP contribution is 2.37. The molecule has 27 heavy (non-hydrogen) atoms. The van der Waals surface area contributed by atoms with Crippen molar-refractivity contribution in [3.8, 4) is 40.7 Å². The lowest BCUT2D eigenvalue weighted by Crippen LogP contribution is -2.05. The van der Waals surface area contributed by atoms with Gasteiger partial charge in [-0.2, -0.15) is 20.8 Å². The van der Waals surface area contributed by atoms with Crippen LogP contribution in [0, 0.1) is 39.9 Å². The van der Waals surface area contributed by atoms with Crippen LogP contribution in [0.4, 0.5) is 4.39 Å². The van der Waals surface area contributed by atoms with Crippen molar-refractivity contribution in [2.24, 2.45) is 4.99 Å². The van der Waals surface area contributed by atoms with E-state index in [1.807, 2.05) is 24.3 Å². The van der Waals surface area contributed by atoms with Crippen LogP contribution in [0.5, 0.6) is 0 Å². The molecule has 1 aromatic heterocycles. The van der Waals surface area contributed by atoms with Gasteiger partial charge >= 0.3 is 0 Å². The molecule has 2 aromatic carbocycles. The number of rotatable bonds is 1. The fraction of sp³-hybridized carbons (Fsp3) is 0. The maximum atomic E-state index is 13.2. The molecule has 0 bridgehead atoms. The van der Waals surface area contributed by atoms with Gasteiger partial charge in [0, 0.05) is 11.1 Å². The molecule has 0 spiro atoms. The summed E-state index contributed by atoms with van der Waals surface area (Å²) in [6, 6.07) is 15.2. The molecule has 0 unspecified atom stereocenters. The maximum absolute atomic E-state index is 13.2. The number of nitriles is 3. The van der Waals surface area contributed by atoms with E-state index in [1.54, 1.807) is 24.4 Å². The average Bonchev–Trinajstić information content (AvgIpc) is 3.00. The average molecular weight is 350 g/mol. The third-order valence-corrected chi connectivity index (χ3v) is 4.20. The summed E-state index contributed by atoms with van der Waals surface area (Å²) in [5, 5.41) is 27.5. The number of benzene rings is 2. The van der Waals surface area contributed by atoms with Crippen molar-refractivity contribution in [1.29, 1.82) is 15.8 Å². The lowest BCUT2D eigenvalue weighted by atomic mass is 9.99. The molecule has 0 radical (unpaired) electrons. The third-order valence-electron chi connectivity index (χ3n) is 4.20. The van der Waals surface area contributed by atoms with Crippen molar-refractivity contribution >= 4 is 5.71 Å². The number of hydrogen-bond acceptors (Lipinski definition) is 6. The van der Waals surface area contributed by atoms with E-state index in [0.717, 1.165) is 11.1 Å². The van der Waals surface area contributed by atoms with Gasteiger partial charge in [0.05, 0.1) is 0 Å². The molecule has 0 aliphatic heterocycles. The molecule has 0 amide bonds. The van der Waals surface area contributed by atoms with Crippen LogP contribution in [0.15, 0.2) is 47.5 Å². The molecule has 1 aliphatic rings. The first kappa shape index (κ1) is 16.1. The standard InChI is InChI=1S/C20H7FN6/c21-13-4-1-11(2-5-13)12-3-6-14-15(7-12)19-20(18(14)25-10-24)27-17(9-23)16(8-22)26-19/h1-7H/b25-18+. The molecule has 0 atom stereocenters. The predicted molar refractivity (Wildman–Crippen MR) is 93.5 cm³/mol. The van der Waals surface area contributed by atoms with Crippen LogP contribution in [-0.4, -0.2) is 15.7 Å². The monoisotopic (exact) mass is 350 g/mol. The number of nitrogens with zero attached hydrogens (tertiary/aromatic N) is 6. The Balaban J connectivity index is 1.98. The van der Waals surface area contributed by atoms with Crippen LogP contribution >= 0.6 is 0 Å². The van der Waals surface area contributed by atoms with Gasteiger partial charge in [0.15, 0.2) is 11.4 Å². The third kappa shape index (κ3) is 2.50. The fourth-order valence-electron chi connectivity index (χ4n) is 3.00. The second-order valence-corrected chi connectivity index (χ2v) is 5.67. The number of hydrogen-bond donors (Lipinski definition) is 0. The molecule has 4 rings (SSSR count). The lowest BCUT2D eigenvalue weighted by Gasteiger charge is -2.05. The Morgan fingerprint density at radius 3 is 2.04 bits per heavy atom. The first-order valence-corrected chi connectivity index (χ1v) is 7.76. The quantitative estimate of drug-likeness (QED) is 0.489. The van der Waals surface area contributed by atoms with Gasteiger partial charge in [0.25, 0.3) is 0 Å². The van der Waals surface area contributed by atoms with E-state index in [0.29, 0.717) is 28.2 Å². The Kier molecular flexibility index (Phi) is 3.66. The predicted octanol–water partition coefficient (Wildman–Crippen LogP) is 3.32. The zero-order valence-electron chi connectivity index (χ0n) is 13.6. The number of fused-ring (bicyclic) bond motifs is 3. The topological polar surface area (TPSA) is 110 Å². The van der Waals surface area contributed by atoms with Crippen molar-refractivity contribution in [3.05, 3.63) is 70.9 Å². The minimum absolute atomic E-state index is 0.0902. The van der Waals surface area contributed by atoms with Gasteiger partial charge in [-0.3, -0.25) is 0 Å². The molecule has 124 valence electrons. The van der Waals surface area contributed by atoms with E-state index < -0.39 is 0 Å². The molecular formula is C20H7FN6. The number of halogens is 1. The van der Waals surface area contributed by atoms with E-state index in [-0.39, 0.29) is 17.2 Å². The second-order valence-electron chi connectivity index (χ2n) is 5.67. The van der Waals surface area contributed by atoms with Crippen molar-refractivity contribution in [1.82, 2.24) is 9.97 Å². The lowest BCUT2D eigenvalue weighted by molar-refractivity contribution is 0.628. The van der Waals surface area contributed by atoms with E-state index >= 15 is 0 Å². The fourth-order valence-corrected chi connectivity index (χ4v) is 3.00. The van der Waals surface area contributed by atoms with Crippen molar-refractivity contribution < 1.29 is 4.39 Å². The van der Waals surface area contributed by atoms with Crippen LogP contribution in [0.25, 0.3) is 22.4 Å². The highest BCUT2D eigenvalue weighted by molar-refractivity contribution is 6.23. The molecule has 0 saturated carbocycles. The smallest absolute Gasteiger partial charge is 0.206 e. The molecule has 0 N–H and O–H groups in total. The molecular weight excluding hydrogens is 343 g/mol. The van der Waals surface area contributed by atoms with Gasteiger partial charge < -0.3 is 0 Å². The summed E-state index contributed by atoms with van der Waals surface area (Å²) in [6.45, 7) is 0. The van der Waals surface area contributed by atoms with Gasteiger partial charge in [-0.25, -0.2) is 14.4 Å². The molecule has 0 saturated heterocycles. The van der Waals surface area contributed by atoms with Crippen LogP contribution in [0.3, 0.4) is 0 Å². The summed E-state index contributed by atoms with van der Waals surface area (Å²) in [6.07, 6.45) is 1.74. The van der Waals surface area contributed by atoms with Gasteiger partial charge in [-0.15, -0.1) is 0 Å². The SMILES string of the molecule is N#C/N=C1\c2ccc(-c3ccc(F)cc3)cc2-c2nc(C#N)c(C#N)nc21. The van der Waals surface area contributed by atoms with Crippen molar-refractivity contribution in [2.45, 2.75) is 0 Å². The van der Waals surface area contributed by atoms with Crippen LogP contribution in [-0.2, 0) is 0 Å². The van der Waals surface area contributed by atoms with Crippen LogP contribution in [0.2, 0.25) is 0 Å². The van der Waals surface area contributed by atoms with Crippen molar-refractivity contribution in [3.63, 3.8) is 0 Å². The van der Waals surface area contributed by atoms with E-state index in [4.69, 9.17) is 5.26 Å². The zero-order chi connectivity index (χ0) is 19.0. The van der Waals surface area contributed by atoms with Gasteiger partial charge in [-0.1, -0.05) is 24.3 Å². The second kappa shape index (κ2) is 6.15. The number of aromatic nitrogens is 2. The van der Waals surface area contributed by atoms with Gasteiger partial charge in [0.1, 0.15) is 35.1 Å².